The number of hydrogen-bond acceptors (Lipinski definition) is 5. The van der Waals surface area contributed by atoms with Gasteiger partial charge in [0, 0.05) is 6.42 Å². The van der Waals surface area contributed by atoms with E-state index in [9.17, 15) is 13.2 Å². The fourth-order valence-electron chi connectivity index (χ4n) is 1.15. The maximum atomic E-state index is 11.3. The van der Waals surface area contributed by atoms with E-state index >= 15 is 0 Å². The van der Waals surface area contributed by atoms with Gasteiger partial charge in [-0.3, -0.25) is 8.98 Å². The Hall–Kier alpha value is -0.620. The van der Waals surface area contributed by atoms with E-state index in [4.69, 9.17) is 4.74 Å². The van der Waals surface area contributed by atoms with Crippen LogP contribution in [0.1, 0.15) is 46.5 Å². The maximum Gasteiger partial charge on any atom is 0.306 e. The van der Waals surface area contributed by atoms with E-state index < -0.39 is 15.7 Å². The van der Waals surface area contributed by atoms with E-state index in [1.807, 2.05) is 20.8 Å². The average molecular weight is 266 g/mol. The largest absolute Gasteiger partial charge is 0.460 e. The van der Waals surface area contributed by atoms with Crippen molar-refractivity contribution in [1.29, 1.82) is 0 Å². The number of unbranched alkanes of at least 4 members (excludes halogenated alkanes) is 2. The van der Waals surface area contributed by atoms with Crippen LogP contribution < -0.4 is 0 Å². The fraction of sp³-hybridized carbons (Fsp3) is 0.909. The van der Waals surface area contributed by atoms with Crippen molar-refractivity contribution in [3.8, 4) is 0 Å². The van der Waals surface area contributed by atoms with Crippen molar-refractivity contribution in [2.24, 2.45) is 0 Å². The molecule has 0 aliphatic rings. The highest BCUT2D eigenvalue weighted by molar-refractivity contribution is 7.85. The van der Waals surface area contributed by atoms with Crippen molar-refractivity contribution in [3.63, 3.8) is 0 Å². The van der Waals surface area contributed by atoms with E-state index in [1.165, 1.54) is 0 Å². The minimum Gasteiger partial charge on any atom is -0.460 e. The molecule has 0 aromatic rings. The third kappa shape index (κ3) is 13.3. The Labute approximate surface area is 104 Å². The van der Waals surface area contributed by atoms with Crippen molar-refractivity contribution in [2.45, 2.75) is 52.1 Å². The molecule has 5 nitrogen and oxygen atoms in total. The molecule has 0 atom stereocenters. The normalized spacial score (nSPS) is 12.5. The second kappa shape index (κ2) is 6.96. The summed E-state index contributed by atoms with van der Waals surface area (Å²) >= 11 is 0. The third-order valence-corrected chi connectivity index (χ3v) is 2.34. The third-order valence-electron chi connectivity index (χ3n) is 1.74. The van der Waals surface area contributed by atoms with Gasteiger partial charge >= 0.3 is 5.97 Å². The van der Waals surface area contributed by atoms with Gasteiger partial charge in [0.15, 0.2) is 0 Å². The Kier molecular flexibility index (Phi) is 6.70. The molecule has 0 aliphatic heterocycles. The molecule has 0 unspecified atom stereocenters. The molecule has 0 amide bonds. The standard InChI is InChI=1S/C11H22O5S/c1-11(2,3)16-10(12)8-6-5-7-9-15-17(4,13)14/h5-9H2,1-4H3. The van der Waals surface area contributed by atoms with Crippen LogP contribution in [-0.2, 0) is 23.8 Å². The quantitative estimate of drug-likeness (QED) is 0.399. The number of ether oxygens (including phenoxy) is 1. The first-order valence-electron chi connectivity index (χ1n) is 5.66. The van der Waals surface area contributed by atoms with E-state index in [1.54, 1.807) is 0 Å². The average Bonchev–Trinajstić information content (AvgIpc) is 2.06. The molecule has 0 aliphatic carbocycles. The lowest BCUT2D eigenvalue weighted by Crippen LogP contribution is -2.23. The van der Waals surface area contributed by atoms with E-state index in [0.29, 0.717) is 19.3 Å². The molecule has 0 saturated carbocycles. The smallest absolute Gasteiger partial charge is 0.306 e. The first kappa shape index (κ1) is 16.4. The highest BCUT2D eigenvalue weighted by Gasteiger charge is 2.15. The molecule has 0 spiro atoms. The van der Waals surface area contributed by atoms with Crippen LogP contribution in [0.15, 0.2) is 0 Å². The Morgan fingerprint density at radius 1 is 1.12 bits per heavy atom. The highest BCUT2D eigenvalue weighted by atomic mass is 32.2. The lowest BCUT2D eigenvalue weighted by Gasteiger charge is -2.19. The Balaban J connectivity index is 3.50. The van der Waals surface area contributed by atoms with Crippen molar-refractivity contribution < 1.29 is 22.1 Å². The molecule has 0 saturated heterocycles. The van der Waals surface area contributed by atoms with E-state index in [0.717, 1.165) is 12.7 Å². The minimum absolute atomic E-state index is 0.174. The summed E-state index contributed by atoms with van der Waals surface area (Å²) in [6.07, 6.45) is 3.43. The van der Waals surface area contributed by atoms with Crippen molar-refractivity contribution in [1.82, 2.24) is 0 Å². The van der Waals surface area contributed by atoms with Gasteiger partial charge in [-0.05, 0) is 33.6 Å². The number of hydrogen-bond donors (Lipinski definition) is 0. The first-order valence-corrected chi connectivity index (χ1v) is 7.48. The molecule has 0 radical (unpaired) electrons. The van der Waals surface area contributed by atoms with Gasteiger partial charge in [-0.15, -0.1) is 0 Å². The molecular formula is C11H22O5S. The second-order valence-electron chi connectivity index (χ2n) is 4.92. The second-order valence-corrected chi connectivity index (χ2v) is 6.57. The van der Waals surface area contributed by atoms with Gasteiger partial charge in [0.05, 0.1) is 12.9 Å². The highest BCUT2D eigenvalue weighted by Crippen LogP contribution is 2.10. The number of carbonyl (C=O) groups is 1. The Morgan fingerprint density at radius 2 is 1.71 bits per heavy atom. The summed E-state index contributed by atoms with van der Waals surface area (Å²) in [5.74, 6) is -0.221. The van der Waals surface area contributed by atoms with Crippen molar-refractivity contribution in [2.75, 3.05) is 12.9 Å². The summed E-state index contributed by atoms with van der Waals surface area (Å²) in [4.78, 5) is 11.3. The summed E-state index contributed by atoms with van der Waals surface area (Å²) < 4.78 is 31.0. The van der Waals surface area contributed by atoms with Crippen LogP contribution in [0.3, 0.4) is 0 Å². The lowest BCUT2D eigenvalue weighted by molar-refractivity contribution is -0.154. The van der Waals surface area contributed by atoms with Gasteiger partial charge in [0.1, 0.15) is 5.60 Å². The van der Waals surface area contributed by atoms with Crippen LogP contribution in [0.4, 0.5) is 0 Å². The molecule has 0 heterocycles. The van der Waals surface area contributed by atoms with Gasteiger partial charge in [0.25, 0.3) is 10.1 Å². The van der Waals surface area contributed by atoms with Crippen molar-refractivity contribution >= 4 is 16.1 Å². The fourth-order valence-corrected chi connectivity index (χ4v) is 1.57. The lowest BCUT2D eigenvalue weighted by atomic mass is 10.1. The molecule has 0 aromatic heterocycles. The minimum atomic E-state index is -3.34. The van der Waals surface area contributed by atoms with E-state index in [2.05, 4.69) is 4.18 Å². The van der Waals surface area contributed by atoms with Crippen LogP contribution in [0.2, 0.25) is 0 Å². The van der Waals surface area contributed by atoms with Crippen LogP contribution in [-0.4, -0.2) is 32.9 Å². The van der Waals surface area contributed by atoms with Gasteiger partial charge in [-0.2, -0.15) is 8.42 Å². The summed E-state index contributed by atoms with van der Waals surface area (Å²) in [6.45, 7) is 5.65. The number of esters is 1. The summed E-state index contributed by atoms with van der Waals surface area (Å²) in [5, 5.41) is 0. The molecule has 0 rings (SSSR count). The molecule has 0 bridgehead atoms. The van der Waals surface area contributed by atoms with Crippen LogP contribution in [0.5, 0.6) is 0 Å². The summed E-state index contributed by atoms with van der Waals surface area (Å²) in [6, 6.07) is 0. The predicted octanol–water partition coefficient (Wildman–Crippen LogP) is 1.86. The maximum absolute atomic E-state index is 11.3. The van der Waals surface area contributed by atoms with E-state index in [-0.39, 0.29) is 12.6 Å². The van der Waals surface area contributed by atoms with Crippen LogP contribution in [0, 0.1) is 0 Å². The first-order chi connectivity index (χ1) is 7.60. The molecule has 102 valence electrons. The monoisotopic (exact) mass is 266 g/mol. The summed E-state index contributed by atoms with van der Waals surface area (Å²) in [7, 11) is -3.34. The summed E-state index contributed by atoms with van der Waals surface area (Å²) in [5.41, 5.74) is -0.448. The topological polar surface area (TPSA) is 69.7 Å². The van der Waals surface area contributed by atoms with Crippen LogP contribution >= 0.6 is 0 Å². The number of carbonyl (C=O) groups excluding carboxylic acids is 1. The molecule has 17 heavy (non-hydrogen) atoms. The molecule has 0 aromatic carbocycles. The Bertz CT molecular complexity index is 326. The zero-order valence-electron chi connectivity index (χ0n) is 11.0. The zero-order valence-corrected chi connectivity index (χ0v) is 11.8. The van der Waals surface area contributed by atoms with Gasteiger partial charge < -0.3 is 4.74 Å². The van der Waals surface area contributed by atoms with Crippen LogP contribution in [0.25, 0.3) is 0 Å². The van der Waals surface area contributed by atoms with Gasteiger partial charge in [-0.25, -0.2) is 0 Å². The Morgan fingerprint density at radius 3 is 2.18 bits per heavy atom. The molecular weight excluding hydrogens is 244 g/mol. The van der Waals surface area contributed by atoms with Crippen molar-refractivity contribution in [3.05, 3.63) is 0 Å². The zero-order chi connectivity index (χ0) is 13.5. The van der Waals surface area contributed by atoms with Gasteiger partial charge in [0.2, 0.25) is 0 Å². The number of rotatable bonds is 7. The molecule has 0 N–H and O–H groups in total. The SMILES string of the molecule is CC(C)(C)OC(=O)CCCCCOS(C)(=O)=O. The predicted molar refractivity (Wildman–Crippen MR) is 65.1 cm³/mol. The molecule has 6 heteroatoms. The van der Waals surface area contributed by atoms with Gasteiger partial charge in [-0.1, -0.05) is 6.42 Å². The molecule has 0 fully saturated rings.